The van der Waals surface area contributed by atoms with Crippen LogP contribution in [0.5, 0.6) is 0 Å². The molecule has 28 heavy (non-hydrogen) atoms. The first-order chi connectivity index (χ1) is 13.6. The van der Waals surface area contributed by atoms with Crippen LogP contribution in [0.1, 0.15) is 16.7 Å². The average Bonchev–Trinajstić information content (AvgIpc) is 2.68. The molecule has 1 aliphatic rings. The smallest absolute Gasteiger partial charge is 0.275 e. The number of ether oxygens (including phenoxy) is 1. The molecule has 2 aromatic carbocycles. The second-order valence-electron chi connectivity index (χ2n) is 7.57. The van der Waals surface area contributed by atoms with E-state index in [9.17, 15) is 4.79 Å². The van der Waals surface area contributed by atoms with Gasteiger partial charge < -0.3 is 19.9 Å². The van der Waals surface area contributed by atoms with Gasteiger partial charge >= 0.3 is 0 Å². The van der Waals surface area contributed by atoms with Crippen molar-refractivity contribution >= 4 is 17.5 Å². The summed E-state index contributed by atoms with van der Waals surface area (Å²) in [6, 6.07) is 16.3. The van der Waals surface area contributed by atoms with E-state index in [1.165, 1.54) is 5.56 Å². The summed E-state index contributed by atoms with van der Waals surface area (Å²) in [5, 5.41) is 3.75. The maximum atomic E-state index is 12.2. The van der Waals surface area contributed by atoms with Gasteiger partial charge in [0.1, 0.15) is 26.2 Å². The van der Waals surface area contributed by atoms with Crippen LogP contribution in [0.15, 0.2) is 48.5 Å². The lowest BCUT2D eigenvalue weighted by molar-refractivity contribution is -0.921. The maximum absolute atomic E-state index is 12.2. The van der Waals surface area contributed by atoms with Gasteiger partial charge in [0.2, 0.25) is 0 Å². The normalized spacial score (nSPS) is 15.9. The highest BCUT2D eigenvalue weighted by molar-refractivity contribution is 6.30. The number of amides is 1. The summed E-state index contributed by atoms with van der Waals surface area (Å²) in [4.78, 5) is 14.9. The molecule has 0 aliphatic carbocycles. The number of benzene rings is 2. The van der Waals surface area contributed by atoms with Crippen molar-refractivity contribution in [2.24, 2.45) is 0 Å². The first-order valence-corrected chi connectivity index (χ1v) is 10.3. The van der Waals surface area contributed by atoms with E-state index in [1.807, 2.05) is 31.3 Å². The second-order valence-corrected chi connectivity index (χ2v) is 8.01. The molecule has 0 bridgehead atoms. The second kappa shape index (κ2) is 10.6. The largest absolute Gasteiger partial charge is 0.370 e. The third-order valence-electron chi connectivity index (χ3n) is 5.02. The third-order valence-corrected chi connectivity index (χ3v) is 5.26. The number of nitrogens with one attached hydrogen (secondary N) is 3. The third kappa shape index (κ3) is 6.91. The first-order valence-electron chi connectivity index (χ1n) is 9.90. The summed E-state index contributed by atoms with van der Waals surface area (Å²) in [6.07, 6.45) is 0. The van der Waals surface area contributed by atoms with E-state index in [1.54, 1.807) is 4.90 Å². The lowest BCUT2D eigenvalue weighted by Gasteiger charge is -2.23. The average molecular weight is 404 g/mol. The van der Waals surface area contributed by atoms with E-state index < -0.39 is 0 Å². The molecule has 2 aromatic rings. The summed E-state index contributed by atoms with van der Waals surface area (Å²) in [7, 11) is 2.02. The van der Waals surface area contributed by atoms with Gasteiger partial charge in [0, 0.05) is 22.7 Å². The van der Waals surface area contributed by atoms with Gasteiger partial charge in [0.25, 0.3) is 5.91 Å². The fourth-order valence-corrected chi connectivity index (χ4v) is 3.71. The molecular weight excluding hydrogens is 374 g/mol. The molecule has 0 radical (unpaired) electrons. The van der Waals surface area contributed by atoms with Crippen LogP contribution in [0, 0.1) is 0 Å². The van der Waals surface area contributed by atoms with Crippen molar-refractivity contribution in [1.82, 2.24) is 5.32 Å². The Bertz CT molecular complexity index is 761. The molecule has 1 aliphatic heterocycles. The van der Waals surface area contributed by atoms with Crippen LogP contribution >= 0.6 is 11.6 Å². The Morgan fingerprint density at radius 3 is 2.54 bits per heavy atom. The number of hydrogen-bond acceptors (Lipinski definition) is 2. The van der Waals surface area contributed by atoms with Crippen molar-refractivity contribution in [1.29, 1.82) is 0 Å². The molecular formula is C22H30ClN3O2+2. The molecule has 1 atom stereocenters. The number of rotatable bonds is 8. The number of likely N-dealkylation sites (N-methyl/N-ethyl adjacent to an activating group) is 1. The van der Waals surface area contributed by atoms with Crippen molar-refractivity contribution < 1.29 is 19.3 Å². The van der Waals surface area contributed by atoms with Gasteiger partial charge in [-0.05, 0) is 17.7 Å². The zero-order chi connectivity index (χ0) is 19.8. The zero-order valence-electron chi connectivity index (χ0n) is 16.5. The number of quaternary nitrogens is 2. The van der Waals surface area contributed by atoms with Crippen LogP contribution in [-0.2, 0) is 29.2 Å². The lowest BCUT2D eigenvalue weighted by Crippen LogP contribution is -3.12. The van der Waals surface area contributed by atoms with E-state index in [0.717, 1.165) is 60.4 Å². The highest BCUT2D eigenvalue weighted by Gasteiger charge is 2.14. The molecule has 0 spiro atoms. The Balaban J connectivity index is 1.40. The minimum absolute atomic E-state index is 0.0568. The van der Waals surface area contributed by atoms with Gasteiger partial charge in [-0.1, -0.05) is 48.0 Å². The number of hydrogen-bond donors (Lipinski definition) is 3. The maximum Gasteiger partial charge on any atom is 0.275 e. The Labute approximate surface area is 172 Å². The van der Waals surface area contributed by atoms with Gasteiger partial charge in [-0.3, -0.25) is 4.79 Å². The molecule has 150 valence electrons. The van der Waals surface area contributed by atoms with Crippen LogP contribution in [0.2, 0.25) is 5.02 Å². The number of carbonyl (C=O) groups excluding carboxylic acids is 1. The Morgan fingerprint density at radius 2 is 1.82 bits per heavy atom. The monoisotopic (exact) mass is 403 g/mol. The van der Waals surface area contributed by atoms with Crippen molar-refractivity contribution in [3.8, 4) is 0 Å². The minimum Gasteiger partial charge on any atom is -0.370 e. The number of morpholine rings is 1. The summed E-state index contributed by atoms with van der Waals surface area (Å²) in [5.74, 6) is 0.0568. The summed E-state index contributed by atoms with van der Waals surface area (Å²) < 4.78 is 5.41. The molecule has 1 unspecified atom stereocenters. The van der Waals surface area contributed by atoms with Crippen LogP contribution < -0.4 is 15.1 Å². The molecule has 1 heterocycles. The highest BCUT2D eigenvalue weighted by atomic mass is 35.5. The Kier molecular flexibility index (Phi) is 7.86. The molecule has 5 nitrogen and oxygen atoms in total. The molecule has 1 saturated heterocycles. The van der Waals surface area contributed by atoms with Crippen molar-refractivity contribution in [3.05, 3.63) is 70.2 Å². The number of halogens is 1. The molecule has 1 amide bonds. The van der Waals surface area contributed by atoms with Gasteiger partial charge in [-0.15, -0.1) is 0 Å². The van der Waals surface area contributed by atoms with Gasteiger partial charge in [-0.2, -0.15) is 0 Å². The molecule has 0 aromatic heterocycles. The first kappa shape index (κ1) is 20.8. The van der Waals surface area contributed by atoms with E-state index in [2.05, 4.69) is 29.6 Å². The molecule has 1 fully saturated rings. The fourth-order valence-electron chi connectivity index (χ4n) is 3.50. The Hall–Kier alpha value is -1.92. The summed E-state index contributed by atoms with van der Waals surface area (Å²) in [5.41, 5.74) is 3.59. The van der Waals surface area contributed by atoms with E-state index in [4.69, 9.17) is 16.3 Å². The predicted molar refractivity (Wildman–Crippen MR) is 110 cm³/mol. The number of carbonyl (C=O) groups is 1. The zero-order valence-corrected chi connectivity index (χ0v) is 17.2. The Morgan fingerprint density at radius 1 is 1.11 bits per heavy atom. The predicted octanol–water partition coefficient (Wildman–Crippen LogP) is 0.0862. The van der Waals surface area contributed by atoms with Crippen LogP contribution in [0.25, 0.3) is 0 Å². The van der Waals surface area contributed by atoms with E-state index in [-0.39, 0.29) is 5.91 Å². The van der Waals surface area contributed by atoms with Crippen molar-refractivity contribution in [2.75, 3.05) is 39.9 Å². The van der Waals surface area contributed by atoms with Gasteiger partial charge in [0.15, 0.2) is 6.54 Å². The molecule has 3 N–H and O–H groups in total. The highest BCUT2D eigenvalue weighted by Crippen LogP contribution is 2.09. The van der Waals surface area contributed by atoms with Crippen LogP contribution in [0.4, 0.5) is 0 Å². The van der Waals surface area contributed by atoms with Crippen molar-refractivity contribution in [3.63, 3.8) is 0 Å². The minimum atomic E-state index is 0.0568. The standard InChI is InChI=1S/C22H28ClN3O2/c1-25(15-20-3-2-4-21(23)13-20)17-22(27)24-14-18-5-7-19(8-6-18)16-26-9-11-28-12-10-26/h2-8,13H,9-12,14-17H2,1H3,(H,24,27)/p+2. The fraction of sp³-hybridized carbons (Fsp3) is 0.409. The van der Waals surface area contributed by atoms with Gasteiger partial charge in [-0.25, -0.2) is 0 Å². The SMILES string of the molecule is C[NH+](CC(=O)NCc1ccc(C[NH+]2CCOCC2)cc1)Cc1cccc(Cl)c1. The topological polar surface area (TPSA) is 47.2 Å². The van der Waals surface area contributed by atoms with Crippen molar-refractivity contribution in [2.45, 2.75) is 19.6 Å². The van der Waals surface area contributed by atoms with Crippen LogP contribution in [0.3, 0.4) is 0 Å². The van der Waals surface area contributed by atoms with E-state index in [0.29, 0.717) is 13.1 Å². The summed E-state index contributed by atoms with van der Waals surface area (Å²) in [6.45, 7) is 6.66. The quantitative estimate of drug-likeness (QED) is 0.585. The molecule has 0 saturated carbocycles. The lowest BCUT2D eigenvalue weighted by atomic mass is 10.1. The molecule has 6 heteroatoms. The van der Waals surface area contributed by atoms with E-state index >= 15 is 0 Å². The summed E-state index contributed by atoms with van der Waals surface area (Å²) >= 11 is 6.02. The molecule has 3 rings (SSSR count). The van der Waals surface area contributed by atoms with Gasteiger partial charge in [0.05, 0.1) is 20.3 Å². The van der Waals surface area contributed by atoms with Crippen LogP contribution in [-0.4, -0.2) is 45.8 Å².